The van der Waals surface area contributed by atoms with Gasteiger partial charge in [0, 0.05) is 18.3 Å². The average Bonchev–Trinajstić information content (AvgIpc) is 2.72. The summed E-state index contributed by atoms with van der Waals surface area (Å²) in [6.45, 7) is 5.92. The number of benzene rings is 2. The Labute approximate surface area is 179 Å². The number of carbonyl (C=O) groups is 1. The van der Waals surface area contributed by atoms with Crippen molar-refractivity contribution in [3.63, 3.8) is 0 Å². The lowest BCUT2D eigenvalue weighted by atomic mass is 10.0. The maximum Gasteiger partial charge on any atom is 0.257 e. The van der Waals surface area contributed by atoms with Crippen LogP contribution in [0.1, 0.15) is 42.3 Å². The Morgan fingerprint density at radius 1 is 1.00 bits per heavy atom. The average molecular weight is 435 g/mol. The molecular weight excluding hydrogens is 404 g/mol. The summed E-state index contributed by atoms with van der Waals surface area (Å²) in [5, 5.41) is 3.00. The van der Waals surface area contributed by atoms with E-state index in [1.54, 1.807) is 6.92 Å². The summed E-state index contributed by atoms with van der Waals surface area (Å²) in [5.41, 5.74) is 3.21. The molecule has 0 heterocycles. The Balaban J connectivity index is 2.66. The molecule has 30 heavy (non-hydrogen) atoms. The van der Waals surface area contributed by atoms with Crippen LogP contribution in [0.2, 0.25) is 0 Å². The van der Waals surface area contributed by atoms with Crippen LogP contribution in [0.15, 0.2) is 30.3 Å². The van der Waals surface area contributed by atoms with Crippen LogP contribution >= 0.6 is 0 Å². The molecule has 0 aliphatic carbocycles. The van der Waals surface area contributed by atoms with Crippen molar-refractivity contribution in [2.75, 3.05) is 36.6 Å². The van der Waals surface area contributed by atoms with Gasteiger partial charge in [-0.2, -0.15) is 0 Å². The third kappa shape index (κ3) is 4.87. The second-order valence-electron chi connectivity index (χ2n) is 6.76. The molecule has 0 aliphatic rings. The molecule has 164 valence electrons. The number of rotatable bonds is 9. The van der Waals surface area contributed by atoms with E-state index in [1.807, 2.05) is 32.0 Å². The van der Waals surface area contributed by atoms with Gasteiger partial charge in [-0.05, 0) is 37.0 Å². The highest BCUT2D eigenvalue weighted by Crippen LogP contribution is 2.37. The molecule has 2 aromatic carbocycles. The Bertz CT molecular complexity index is 996. The SMILES string of the molecule is CCc1cccc(CC)c1NC(=O)c1cc(OC)c(OC)cc1N(CC)S(C)(=O)=O. The number of nitrogens with one attached hydrogen (secondary N) is 1. The van der Waals surface area contributed by atoms with Gasteiger partial charge in [0.2, 0.25) is 10.0 Å². The molecule has 0 atom stereocenters. The molecule has 0 fully saturated rings. The van der Waals surface area contributed by atoms with Crippen LogP contribution in [-0.4, -0.2) is 41.3 Å². The smallest absolute Gasteiger partial charge is 0.257 e. The van der Waals surface area contributed by atoms with E-state index in [1.165, 1.54) is 30.7 Å². The van der Waals surface area contributed by atoms with E-state index in [9.17, 15) is 13.2 Å². The number of anilines is 2. The number of aryl methyl sites for hydroxylation is 2. The molecule has 1 N–H and O–H groups in total. The summed E-state index contributed by atoms with van der Waals surface area (Å²) >= 11 is 0. The molecule has 8 heteroatoms. The van der Waals surface area contributed by atoms with Gasteiger partial charge in [0.1, 0.15) is 0 Å². The highest BCUT2D eigenvalue weighted by molar-refractivity contribution is 7.92. The van der Waals surface area contributed by atoms with Gasteiger partial charge in [0.05, 0.1) is 31.7 Å². The fraction of sp³-hybridized carbons (Fsp3) is 0.409. The van der Waals surface area contributed by atoms with Crippen LogP contribution in [0.25, 0.3) is 0 Å². The van der Waals surface area contributed by atoms with Crippen molar-refractivity contribution in [2.24, 2.45) is 0 Å². The standard InChI is InChI=1S/C22H30N2O5S/c1-7-15-11-10-12-16(8-2)21(15)23-22(25)17-13-19(28-4)20(29-5)14-18(17)24(9-3)30(6,26)27/h10-14H,7-9H2,1-6H3,(H,23,25). The lowest BCUT2D eigenvalue weighted by molar-refractivity contribution is 0.102. The summed E-state index contributed by atoms with van der Waals surface area (Å²) in [6, 6.07) is 8.94. The molecule has 0 saturated heterocycles. The highest BCUT2D eigenvalue weighted by Gasteiger charge is 2.26. The summed E-state index contributed by atoms with van der Waals surface area (Å²) in [6.07, 6.45) is 2.62. The van der Waals surface area contributed by atoms with E-state index >= 15 is 0 Å². The molecule has 0 saturated carbocycles. The third-order valence-electron chi connectivity index (χ3n) is 4.94. The number of methoxy groups -OCH3 is 2. The minimum atomic E-state index is -3.61. The Morgan fingerprint density at radius 3 is 1.97 bits per heavy atom. The maximum absolute atomic E-state index is 13.4. The second-order valence-corrected chi connectivity index (χ2v) is 8.67. The molecule has 0 bridgehead atoms. The number of amides is 1. The van der Waals surface area contributed by atoms with Crippen molar-refractivity contribution < 1.29 is 22.7 Å². The van der Waals surface area contributed by atoms with E-state index in [0.717, 1.165) is 35.9 Å². The normalized spacial score (nSPS) is 11.1. The van der Waals surface area contributed by atoms with Crippen molar-refractivity contribution in [3.05, 3.63) is 47.0 Å². The second kappa shape index (κ2) is 9.84. The first kappa shape index (κ1) is 23.5. The minimum Gasteiger partial charge on any atom is -0.493 e. The Kier molecular flexibility index (Phi) is 7.72. The third-order valence-corrected chi connectivity index (χ3v) is 6.20. The number of nitrogens with zero attached hydrogens (tertiary/aromatic N) is 1. The molecule has 2 rings (SSSR count). The summed E-state index contributed by atoms with van der Waals surface area (Å²) < 4.78 is 36.6. The number of hydrogen-bond acceptors (Lipinski definition) is 5. The molecule has 0 radical (unpaired) electrons. The van der Waals surface area contributed by atoms with Crippen LogP contribution in [0.5, 0.6) is 11.5 Å². The predicted octanol–water partition coefficient (Wildman–Crippen LogP) is 3.87. The van der Waals surface area contributed by atoms with Crippen molar-refractivity contribution in [3.8, 4) is 11.5 Å². The summed E-state index contributed by atoms with van der Waals surface area (Å²) in [5.74, 6) is 0.272. The first-order valence-electron chi connectivity index (χ1n) is 9.87. The number of para-hydroxylation sites is 1. The van der Waals surface area contributed by atoms with E-state index in [4.69, 9.17) is 9.47 Å². The van der Waals surface area contributed by atoms with Gasteiger partial charge in [0.25, 0.3) is 5.91 Å². The zero-order valence-corrected chi connectivity index (χ0v) is 19.2. The molecule has 0 unspecified atom stereocenters. The number of ether oxygens (including phenoxy) is 2. The summed E-state index contributed by atoms with van der Waals surface area (Å²) in [4.78, 5) is 13.4. The van der Waals surface area contributed by atoms with Crippen molar-refractivity contribution >= 4 is 27.3 Å². The largest absolute Gasteiger partial charge is 0.493 e. The van der Waals surface area contributed by atoms with E-state index < -0.39 is 15.9 Å². The fourth-order valence-corrected chi connectivity index (χ4v) is 4.40. The van der Waals surface area contributed by atoms with Gasteiger partial charge >= 0.3 is 0 Å². The van der Waals surface area contributed by atoms with E-state index in [-0.39, 0.29) is 17.8 Å². The van der Waals surface area contributed by atoms with E-state index in [2.05, 4.69) is 5.32 Å². The van der Waals surface area contributed by atoms with Crippen LogP contribution in [0, 0.1) is 0 Å². The monoisotopic (exact) mass is 434 g/mol. The summed E-state index contributed by atoms with van der Waals surface area (Å²) in [7, 11) is -0.682. The van der Waals surface area contributed by atoms with Gasteiger partial charge in [-0.15, -0.1) is 0 Å². The lowest BCUT2D eigenvalue weighted by Gasteiger charge is -2.25. The Hall–Kier alpha value is -2.74. The zero-order valence-electron chi connectivity index (χ0n) is 18.4. The van der Waals surface area contributed by atoms with Crippen molar-refractivity contribution in [2.45, 2.75) is 33.6 Å². The van der Waals surface area contributed by atoms with Crippen LogP contribution in [0.3, 0.4) is 0 Å². The van der Waals surface area contributed by atoms with Crippen molar-refractivity contribution in [1.82, 2.24) is 0 Å². The van der Waals surface area contributed by atoms with Gasteiger partial charge in [0.15, 0.2) is 11.5 Å². The quantitative estimate of drug-likeness (QED) is 0.648. The van der Waals surface area contributed by atoms with Gasteiger partial charge in [-0.25, -0.2) is 8.42 Å². The first-order valence-corrected chi connectivity index (χ1v) is 11.7. The number of hydrogen-bond donors (Lipinski definition) is 1. The van der Waals surface area contributed by atoms with Crippen molar-refractivity contribution in [1.29, 1.82) is 0 Å². The molecule has 7 nitrogen and oxygen atoms in total. The molecule has 0 aromatic heterocycles. The van der Waals surface area contributed by atoms with Gasteiger partial charge in [-0.3, -0.25) is 9.10 Å². The maximum atomic E-state index is 13.4. The first-order chi connectivity index (χ1) is 14.2. The molecular formula is C22H30N2O5S. The lowest BCUT2D eigenvalue weighted by Crippen LogP contribution is -2.31. The van der Waals surface area contributed by atoms with Crippen LogP contribution < -0.4 is 19.1 Å². The molecule has 0 aliphatic heterocycles. The van der Waals surface area contributed by atoms with Gasteiger partial charge < -0.3 is 14.8 Å². The fourth-order valence-electron chi connectivity index (χ4n) is 3.42. The predicted molar refractivity (Wildman–Crippen MR) is 121 cm³/mol. The topological polar surface area (TPSA) is 84.9 Å². The molecule has 2 aromatic rings. The highest BCUT2D eigenvalue weighted by atomic mass is 32.2. The number of sulfonamides is 1. The van der Waals surface area contributed by atoms with E-state index in [0.29, 0.717) is 11.5 Å². The van der Waals surface area contributed by atoms with Crippen LogP contribution in [-0.2, 0) is 22.9 Å². The zero-order chi connectivity index (χ0) is 22.5. The minimum absolute atomic E-state index is 0.167. The van der Waals surface area contributed by atoms with Gasteiger partial charge in [-0.1, -0.05) is 32.0 Å². The number of carbonyl (C=O) groups excluding carboxylic acids is 1. The molecule has 1 amide bonds. The van der Waals surface area contributed by atoms with Crippen LogP contribution in [0.4, 0.5) is 11.4 Å². The molecule has 0 spiro atoms. The Morgan fingerprint density at radius 2 is 1.53 bits per heavy atom.